The van der Waals surface area contributed by atoms with E-state index >= 15 is 19.2 Å². The third-order valence-electron chi connectivity index (χ3n) is 25.2. The Balaban J connectivity index is 1.06. The Hall–Kier alpha value is -11.1. The molecule has 0 fully saturated rings. The normalized spacial score (nSPS) is 13.0. The fourth-order valence-corrected chi connectivity index (χ4v) is 20.6. The van der Waals surface area contributed by atoms with E-state index in [0.717, 1.165) is 243 Å². The summed E-state index contributed by atoms with van der Waals surface area (Å²) >= 11 is 0. The SMILES string of the molecule is CCCCCC(CCCCC)n1c(=O)c2cc3c4ccc5ccc6ccc7ccc8ccc9ccccc9c8c7c6c5c4c4cc5c(=O)n(C(CCCCC)CCCCC)c(=O)c6cc7c8ccc9ccc%10ccc%11ccc%12ccc%13ccccc%13c%12c%11c%10c9c8c8cc(c1=O)c2c1c3c4c(c65)c7c81. The summed E-state index contributed by atoms with van der Waals surface area (Å²) in [5.41, 5.74) is -0.929. The molecule has 0 saturated carbocycles. The van der Waals surface area contributed by atoms with Crippen LogP contribution in [0.4, 0.5) is 0 Å². The Morgan fingerprint density at radius 2 is 0.442 bits per heavy atom. The highest BCUT2D eigenvalue weighted by atomic mass is 16.2. The number of benzene rings is 19. The number of hydrogen-bond acceptors (Lipinski definition) is 4. The van der Waals surface area contributed by atoms with Gasteiger partial charge in [-0.3, -0.25) is 28.3 Å². The standard InChI is InChI=1S/C98H78N2O4/c1-5-9-13-23-63(24-14-10-6-2)99-95(101)73-49-69-67-47-45-62-44-42-60-40-38-58-36-34-56-32-30-54-22-18-20-28-66(54)78(56)80(58)82(60)84(62)86(67)72-52-76-88-74(96(102)100(98(76)104)64(25-15-11-7-3)26-16-12-8-4)50-70-68-48-46-61-43-41-59-39-37-57-35-33-55-31-29-53-21-17-19-27-65(53)77(55)79(57)81(59)83(61)85(68)71-51-75(97(99)103)87(73)93-89(69)92(72)94(88)90(70)91(71)93/h17-22,27-52,63-64H,5-16,23-26H2,1-4H3. The zero-order valence-corrected chi connectivity index (χ0v) is 59.5. The van der Waals surface area contributed by atoms with Crippen LogP contribution in [-0.4, -0.2) is 9.13 Å². The molecular formula is C98H78N2O4. The van der Waals surface area contributed by atoms with Crippen LogP contribution < -0.4 is 22.2 Å². The van der Waals surface area contributed by atoms with Gasteiger partial charge in [-0.05, 0) is 222 Å². The molecule has 2 heterocycles. The Kier molecular flexibility index (Phi) is 13.7. The van der Waals surface area contributed by atoms with Gasteiger partial charge in [0.15, 0.2) is 0 Å². The van der Waals surface area contributed by atoms with E-state index in [9.17, 15) is 0 Å². The molecule has 19 aromatic carbocycles. The van der Waals surface area contributed by atoms with Crippen molar-refractivity contribution in [1.29, 1.82) is 0 Å². The van der Waals surface area contributed by atoms with Gasteiger partial charge in [-0.2, -0.15) is 0 Å². The Morgan fingerprint density at radius 3 is 0.760 bits per heavy atom. The Labute approximate surface area is 599 Å². The number of pyridine rings is 2. The summed E-state index contributed by atoms with van der Waals surface area (Å²) < 4.78 is 3.44. The molecule has 0 aliphatic heterocycles. The number of rotatable bonds is 18. The van der Waals surface area contributed by atoms with Crippen LogP contribution in [0.1, 0.15) is 143 Å². The molecule has 21 rings (SSSR count). The summed E-state index contributed by atoms with van der Waals surface area (Å²) in [5.74, 6) is 0. The van der Waals surface area contributed by atoms with Crippen LogP contribution in [0, 0.1) is 0 Å². The van der Waals surface area contributed by atoms with Gasteiger partial charge in [-0.1, -0.05) is 275 Å². The number of nitrogens with zero attached hydrogens (tertiary/aromatic N) is 2. The van der Waals surface area contributed by atoms with Crippen molar-refractivity contribution in [3.05, 3.63) is 236 Å². The van der Waals surface area contributed by atoms with Crippen molar-refractivity contribution < 1.29 is 0 Å². The molecule has 0 aliphatic rings. The molecular weight excluding hydrogens is 1270 g/mol. The molecule has 104 heavy (non-hydrogen) atoms. The first kappa shape index (κ1) is 61.6. The van der Waals surface area contributed by atoms with Crippen LogP contribution >= 0.6 is 0 Å². The van der Waals surface area contributed by atoms with Crippen molar-refractivity contribution in [3.8, 4) is 0 Å². The van der Waals surface area contributed by atoms with Gasteiger partial charge in [0, 0.05) is 55.2 Å². The minimum Gasteiger partial charge on any atom is -0.271 e. The average molecular weight is 1350 g/mol. The smallest absolute Gasteiger partial charge is 0.261 e. The van der Waals surface area contributed by atoms with Gasteiger partial charge in [0.05, 0.1) is 0 Å². The lowest BCUT2D eigenvalue weighted by atomic mass is 9.76. The summed E-state index contributed by atoms with van der Waals surface area (Å²) in [4.78, 5) is 67.1. The second kappa shape index (κ2) is 23.2. The molecule has 6 nitrogen and oxygen atoms in total. The maximum Gasteiger partial charge on any atom is 0.261 e. The van der Waals surface area contributed by atoms with Gasteiger partial charge < -0.3 is 0 Å². The first-order valence-corrected chi connectivity index (χ1v) is 38.8. The van der Waals surface area contributed by atoms with Crippen LogP contribution in [0.2, 0.25) is 0 Å². The number of unbranched alkanes of at least 4 members (excludes halogenated alkanes) is 8. The van der Waals surface area contributed by atoms with E-state index in [-0.39, 0.29) is 34.3 Å². The summed E-state index contributed by atoms with van der Waals surface area (Å²) in [5, 5.41) is 39.7. The predicted octanol–water partition coefficient (Wildman–Crippen LogP) is 26.4. The number of fused-ring (bicyclic) bond motifs is 26. The largest absolute Gasteiger partial charge is 0.271 e. The van der Waals surface area contributed by atoms with Crippen LogP contribution in [0.15, 0.2) is 213 Å². The average Bonchev–Trinajstić information content (AvgIpc) is 0.649. The van der Waals surface area contributed by atoms with Gasteiger partial charge >= 0.3 is 0 Å². The van der Waals surface area contributed by atoms with Gasteiger partial charge in [0.2, 0.25) is 0 Å². The first-order valence-electron chi connectivity index (χ1n) is 38.8. The fourth-order valence-electron chi connectivity index (χ4n) is 20.6. The highest BCUT2D eigenvalue weighted by Gasteiger charge is 2.34. The molecule has 0 spiro atoms. The lowest BCUT2D eigenvalue weighted by Gasteiger charge is -2.28. The Bertz CT molecular complexity index is 7030. The Morgan fingerprint density at radius 1 is 0.202 bits per heavy atom. The van der Waals surface area contributed by atoms with Crippen molar-refractivity contribution in [2.75, 3.05) is 0 Å². The van der Waals surface area contributed by atoms with E-state index in [0.29, 0.717) is 32.3 Å². The minimum absolute atomic E-state index is 0.232. The zero-order valence-electron chi connectivity index (χ0n) is 59.5. The molecule has 6 heteroatoms. The molecule has 0 radical (unpaired) electrons. The van der Waals surface area contributed by atoms with E-state index in [1.807, 2.05) is 0 Å². The van der Waals surface area contributed by atoms with Crippen LogP contribution in [0.5, 0.6) is 0 Å². The number of hydrogen-bond donors (Lipinski definition) is 0. The van der Waals surface area contributed by atoms with E-state index in [4.69, 9.17) is 0 Å². The maximum absolute atomic E-state index is 16.8. The molecule has 0 saturated heterocycles. The number of aromatic nitrogens is 2. The van der Waals surface area contributed by atoms with Gasteiger partial charge in [-0.25, -0.2) is 0 Å². The van der Waals surface area contributed by atoms with E-state index < -0.39 is 0 Å². The van der Waals surface area contributed by atoms with E-state index in [1.54, 1.807) is 9.13 Å². The molecule has 0 aliphatic carbocycles. The van der Waals surface area contributed by atoms with Crippen LogP contribution in [-0.2, 0) is 0 Å². The molecule has 2 aromatic heterocycles. The molecule has 0 bridgehead atoms. The minimum atomic E-state index is -0.299. The highest BCUT2D eigenvalue weighted by Crippen LogP contribution is 2.58. The van der Waals surface area contributed by atoms with Crippen molar-refractivity contribution in [1.82, 2.24) is 9.13 Å². The maximum atomic E-state index is 16.8. The van der Waals surface area contributed by atoms with E-state index in [2.05, 4.69) is 222 Å². The van der Waals surface area contributed by atoms with Crippen molar-refractivity contribution in [3.63, 3.8) is 0 Å². The molecule has 21 aromatic rings. The predicted molar refractivity (Wildman–Crippen MR) is 448 cm³/mol. The van der Waals surface area contributed by atoms with Gasteiger partial charge in [0.25, 0.3) is 22.2 Å². The summed E-state index contributed by atoms with van der Waals surface area (Å²) in [6.45, 7) is 8.89. The highest BCUT2D eigenvalue weighted by molar-refractivity contribution is 6.57. The third kappa shape index (κ3) is 8.34. The van der Waals surface area contributed by atoms with Crippen LogP contribution in [0.25, 0.3) is 215 Å². The fraction of sp³-hybridized carbons (Fsp3) is 0.224. The summed E-state index contributed by atoms with van der Waals surface area (Å²) in [6, 6.07) is 71.1. The van der Waals surface area contributed by atoms with Gasteiger partial charge in [0.1, 0.15) is 0 Å². The first-order chi connectivity index (χ1) is 51.2. The topological polar surface area (TPSA) is 78.1 Å². The molecule has 0 atom stereocenters. The molecule has 0 N–H and O–H groups in total. The van der Waals surface area contributed by atoms with Crippen molar-refractivity contribution >= 4 is 215 Å². The molecule has 0 unspecified atom stereocenters. The second-order valence-corrected chi connectivity index (χ2v) is 30.9. The lowest BCUT2D eigenvalue weighted by Crippen LogP contribution is -2.37. The monoisotopic (exact) mass is 1350 g/mol. The second-order valence-electron chi connectivity index (χ2n) is 30.9. The van der Waals surface area contributed by atoms with Gasteiger partial charge in [-0.15, -0.1) is 0 Å². The van der Waals surface area contributed by atoms with Crippen LogP contribution in [0.3, 0.4) is 0 Å². The molecule has 0 amide bonds. The summed E-state index contributed by atoms with van der Waals surface area (Å²) in [6.07, 6.45) is 14.8. The zero-order chi connectivity index (χ0) is 69.7. The lowest BCUT2D eigenvalue weighted by molar-refractivity contribution is 0.387. The van der Waals surface area contributed by atoms with E-state index in [1.165, 1.54) is 43.1 Å². The summed E-state index contributed by atoms with van der Waals surface area (Å²) in [7, 11) is 0. The van der Waals surface area contributed by atoms with Crippen molar-refractivity contribution in [2.45, 2.75) is 143 Å². The third-order valence-corrected chi connectivity index (χ3v) is 25.2. The quantitative estimate of drug-likeness (QED) is 0.0487. The van der Waals surface area contributed by atoms with Crippen molar-refractivity contribution in [2.24, 2.45) is 0 Å². The molecule has 504 valence electrons.